The minimum Gasteiger partial charge on any atom is -0.0778 e. The normalized spacial score (nSPS) is 10.4. The predicted molar refractivity (Wildman–Crippen MR) is 69.1 cm³/mol. The van der Waals surface area contributed by atoms with Gasteiger partial charge in [0.15, 0.2) is 0 Å². The molecule has 70 valence electrons. The van der Waals surface area contributed by atoms with Crippen LogP contribution < -0.4 is 0 Å². The molecule has 0 rings (SSSR count). The van der Waals surface area contributed by atoms with Gasteiger partial charge in [0.05, 0.1) is 6.63 Å². The van der Waals surface area contributed by atoms with Crippen molar-refractivity contribution < 1.29 is 0 Å². The lowest BCUT2D eigenvalue weighted by Gasteiger charge is -1.99. The summed E-state index contributed by atoms with van der Waals surface area (Å²) in [4.78, 5) is 0. The molecule has 0 saturated carbocycles. The standard InChI is InChI=1S/C3H7Cl2P.C2H5Br2P/c1-3(2)6(4)5;1-2-5(3)4/h3H,1-2H3;2H2,1H3. The highest BCUT2D eigenvalue weighted by atomic mass is 79.9. The highest BCUT2D eigenvalue weighted by molar-refractivity contribution is 9.69. The highest BCUT2D eigenvalue weighted by Crippen LogP contribution is 2.51. The molecule has 0 aromatic heterocycles. The molecule has 0 atom stereocenters. The van der Waals surface area contributed by atoms with E-state index in [4.69, 9.17) is 22.5 Å². The van der Waals surface area contributed by atoms with Gasteiger partial charge in [-0.15, -0.1) is 0 Å². The topological polar surface area (TPSA) is 0 Å². The van der Waals surface area contributed by atoms with E-state index < -0.39 is 6.63 Å². The second-order valence-electron chi connectivity index (χ2n) is 1.97. The third-order valence-electron chi connectivity index (χ3n) is 0.629. The molecule has 0 unspecified atom stereocenters. The molecule has 0 aromatic rings. The zero-order valence-corrected chi connectivity index (χ0v) is 13.2. The Kier molecular flexibility index (Phi) is 15.1. The average molecular weight is 365 g/mol. The zero-order valence-electron chi connectivity index (χ0n) is 6.69. The van der Waals surface area contributed by atoms with E-state index in [0.29, 0.717) is 5.66 Å². The van der Waals surface area contributed by atoms with Crippen molar-refractivity contribution in [3.63, 3.8) is 0 Å². The minimum absolute atomic E-state index is 0.0267. The Bertz CT molecular complexity index is 74.9. The third-order valence-corrected chi connectivity index (χ3v) is 7.24. The molecular weight excluding hydrogens is 353 g/mol. The van der Waals surface area contributed by atoms with Crippen molar-refractivity contribution in [3.8, 4) is 0 Å². The first-order valence-electron chi connectivity index (χ1n) is 3.11. The first-order chi connectivity index (χ1) is 4.91. The maximum atomic E-state index is 5.44. The Hall–Kier alpha value is 2.40. The first kappa shape index (κ1) is 15.9. The van der Waals surface area contributed by atoms with Gasteiger partial charge in [0.1, 0.15) is 0 Å². The van der Waals surface area contributed by atoms with Crippen LogP contribution >= 0.6 is 65.4 Å². The molecule has 0 saturated heterocycles. The lowest BCUT2D eigenvalue weighted by molar-refractivity contribution is 1.11. The van der Waals surface area contributed by atoms with Crippen molar-refractivity contribution in [2.24, 2.45) is 0 Å². The van der Waals surface area contributed by atoms with E-state index in [1.165, 1.54) is 6.16 Å². The Balaban J connectivity index is 0. The van der Waals surface area contributed by atoms with Crippen LogP contribution in [-0.4, -0.2) is 11.8 Å². The maximum Gasteiger partial charge on any atom is 0.0880 e. The average Bonchev–Trinajstić information content (AvgIpc) is 1.89. The molecule has 0 radical (unpaired) electrons. The van der Waals surface area contributed by atoms with E-state index in [2.05, 4.69) is 37.9 Å². The van der Waals surface area contributed by atoms with E-state index >= 15 is 0 Å². The number of hydrogen-bond donors (Lipinski definition) is 0. The zero-order chi connectivity index (χ0) is 9.44. The van der Waals surface area contributed by atoms with Crippen molar-refractivity contribution in [1.29, 1.82) is 0 Å². The molecular formula is C5H12Br2Cl2P2. The smallest absolute Gasteiger partial charge is 0.0778 e. The summed E-state index contributed by atoms with van der Waals surface area (Å²) in [6, 6.07) is 0. The van der Waals surface area contributed by atoms with Gasteiger partial charge in [-0.3, -0.25) is 0 Å². The monoisotopic (exact) mass is 362 g/mol. The molecule has 0 aromatic carbocycles. The van der Waals surface area contributed by atoms with E-state index in [0.717, 1.165) is 0 Å². The van der Waals surface area contributed by atoms with Crippen LogP contribution in [0.2, 0.25) is 0 Å². The van der Waals surface area contributed by atoms with Crippen LogP contribution in [0.15, 0.2) is 0 Å². The van der Waals surface area contributed by atoms with Gasteiger partial charge in [-0.2, -0.15) is 0 Å². The Morgan fingerprint density at radius 2 is 1.45 bits per heavy atom. The lowest BCUT2D eigenvalue weighted by Crippen LogP contribution is -1.78. The van der Waals surface area contributed by atoms with Crippen LogP contribution in [-0.2, 0) is 0 Å². The molecule has 0 N–H and O–H groups in total. The Morgan fingerprint density at radius 1 is 1.27 bits per heavy atom. The molecule has 0 spiro atoms. The van der Waals surface area contributed by atoms with Gasteiger partial charge in [0.2, 0.25) is 0 Å². The molecule has 0 bridgehead atoms. The molecule has 6 heteroatoms. The van der Waals surface area contributed by atoms with Crippen LogP contribution in [0.4, 0.5) is 0 Å². The number of rotatable bonds is 2. The van der Waals surface area contributed by atoms with Crippen molar-refractivity contribution in [3.05, 3.63) is 0 Å². The van der Waals surface area contributed by atoms with Crippen molar-refractivity contribution >= 4 is 65.4 Å². The largest absolute Gasteiger partial charge is 0.0880 e. The van der Waals surface area contributed by atoms with Crippen molar-refractivity contribution in [2.45, 2.75) is 26.4 Å². The van der Waals surface area contributed by atoms with Crippen LogP contribution in [0.25, 0.3) is 0 Å². The highest BCUT2D eigenvalue weighted by Gasteiger charge is 2.01. The summed E-state index contributed by atoms with van der Waals surface area (Å²) in [6.07, 6.45) is 1.20. The van der Waals surface area contributed by atoms with Crippen LogP contribution in [0.1, 0.15) is 20.8 Å². The number of hydrogen-bond acceptors (Lipinski definition) is 0. The summed E-state index contributed by atoms with van der Waals surface area (Å²) < 4.78 is 0. The molecule has 0 amide bonds. The second kappa shape index (κ2) is 10.5. The lowest BCUT2D eigenvalue weighted by atomic mass is 10.6. The molecule has 0 nitrogen and oxygen atoms in total. The quantitative estimate of drug-likeness (QED) is 0.505. The van der Waals surface area contributed by atoms with Gasteiger partial charge in [0, 0.05) is 11.0 Å². The SMILES string of the molecule is CC(C)P(Cl)Cl.CCP(Br)Br. The van der Waals surface area contributed by atoms with Gasteiger partial charge in [-0.25, -0.2) is 0 Å². The number of halogens is 4. The van der Waals surface area contributed by atoms with Gasteiger partial charge in [-0.1, -0.05) is 43.3 Å². The predicted octanol–water partition coefficient (Wildman–Crippen LogP) is 6.29. The fourth-order valence-electron chi connectivity index (χ4n) is 0. The van der Waals surface area contributed by atoms with E-state index in [-0.39, 0.29) is 5.33 Å². The maximum absolute atomic E-state index is 5.44. The molecule has 11 heavy (non-hydrogen) atoms. The molecule has 0 aliphatic heterocycles. The van der Waals surface area contributed by atoms with Gasteiger partial charge in [-0.05, 0) is 37.1 Å². The molecule has 0 heterocycles. The summed E-state index contributed by atoms with van der Waals surface area (Å²) in [5.41, 5.74) is 0.448. The molecule has 0 fully saturated rings. The van der Waals surface area contributed by atoms with Gasteiger partial charge >= 0.3 is 0 Å². The second-order valence-corrected chi connectivity index (χ2v) is 15.5. The fourth-order valence-corrected chi connectivity index (χ4v) is 0. The van der Waals surface area contributed by atoms with Crippen LogP contribution in [0.5, 0.6) is 0 Å². The summed E-state index contributed by atoms with van der Waals surface area (Å²) >= 11 is 17.6. The Labute approximate surface area is 97.4 Å². The van der Waals surface area contributed by atoms with E-state index in [1.807, 2.05) is 13.8 Å². The van der Waals surface area contributed by atoms with E-state index in [1.54, 1.807) is 0 Å². The van der Waals surface area contributed by atoms with Crippen LogP contribution in [0, 0.1) is 0 Å². The van der Waals surface area contributed by atoms with Crippen molar-refractivity contribution in [2.75, 3.05) is 6.16 Å². The van der Waals surface area contributed by atoms with E-state index in [9.17, 15) is 0 Å². The summed E-state index contributed by atoms with van der Waals surface area (Å²) in [5.74, 6) is 0. The van der Waals surface area contributed by atoms with Gasteiger partial charge in [0.25, 0.3) is 0 Å². The minimum atomic E-state index is -0.715. The summed E-state index contributed by atoms with van der Waals surface area (Å²) in [6.45, 7) is 5.43. The summed E-state index contributed by atoms with van der Waals surface area (Å²) in [5, 5.41) is 0.0267. The first-order valence-corrected chi connectivity index (χ1v) is 11.9. The summed E-state index contributed by atoms with van der Waals surface area (Å²) in [7, 11) is 0. The third kappa shape index (κ3) is 19.0. The molecule has 0 aliphatic carbocycles. The van der Waals surface area contributed by atoms with Crippen molar-refractivity contribution in [1.82, 2.24) is 0 Å². The molecule has 0 aliphatic rings. The van der Waals surface area contributed by atoms with Gasteiger partial charge < -0.3 is 0 Å². The van der Waals surface area contributed by atoms with Crippen LogP contribution in [0.3, 0.4) is 0 Å². The fraction of sp³-hybridized carbons (Fsp3) is 1.00. The Morgan fingerprint density at radius 3 is 1.45 bits per heavy atom.